The molecule has 2 aliphatic rings. The maximum Gasteiger partial charge on any atom is 0.245 e. The molecule has 2 atom stereocenters. The van der Waals surface area contributed by atoms with Crippen molar-refractivity contribution in [2.24, 2.45) is 11.8 Å². The zero-order valence-electron chi connectivity index (χ0n) is 18.0. The molecule has 168 valence electrons. The van der Waals surface area contributed by atoms with Crippen molar-refractivity contribution < 1.29 is 18.7 Å². The first-order valence-electron chi connectivity index (χ1n) is 10.7. The first-order chi connectivity index (χ1) is 15.4. The summed E-state index contributed by atoms with van der Waals surface area (Å²) in [6, 6.07) is 9.96. The first kappa shape index (κ1) is 22.3. The molecule has 2 amide bonds. The van der Waals surface area contributed by atoms with Gasteiger partial charge in [-0.3, -0.25) is 9.59 Å². The number of hydrogen-bond acceptors (Lipinski definition) is 3. The summed E-state index contributed by atoms with van der Waals surface area (Å²) in [5, 5.41) is 0.396. The summed E-state index contributed by atoms with van der Waals surface area (Å²) in [4.78, 5) is 28.4. The van der Waals surface area contributed by atoms with Gasteiger partial charge in [0.05, 0.1) is 12.1 Å². The van der Waals surface area contributed by atoms with Gasteiger partial charge in [-0.15, -0.1) is 0 Å². The number of benzene rings is 2. The van der Waals surface area contributed by atoms with Gasteiger partial charge in [-0.1, -0.05) is 36.4 Å². The predicted molar refractivity (Wildman–Crippen MR) is 122 cm³/mol. The Bertz CT molecular complexity index is 1040. The summed E-state index contributed by atoms with van der Waals surface area (Å²) in [7, 11) is 1.55. The molecule has 2 heterocycles. The third kappa shape index (κ3) is 4.37. The van der Waals surface area contributed by atoms with E-state index in [4.69, 9.17) is 16.3 Å². The van der Waals surface area contributed by atoms with E-state index < -0.39 is 0 Å². The highest BCUT2D eigenvalue weighted by Gasteiger charge is 2.42. The topological polar surface area (TPSA) is 49.9 Å². The highest BCUT2D eigenvalue weighted by atomic mass is 35.5. The lowest BCUT2D eigenvalue weighted by Crippen LogP contribution is -2.35. The van der Waals surface area contributed by atoms with Crippen LogP contribution in [0.2, 0.25) is 5.02 Å². The molecule has 0 aromatic heterocycles. The summed E-state index contributed by atoms with van der Waals surface area (Å²) in [6.07, 6.45) is 2.13. The van der Waals surface area contributed by atoms with E-state index in [1.165, 1.54) is 12.1 Å². The van der Waals surface area contributed by atoms with Crippen molar-refractivity contribution in [1.29, 1.82) is 0 Å². The number of aryl methyl sites for hydroxylation is 1. The highest BCUT2D eigenvalue weighted by Crippen LogP contribution is 2.36. The zero-order valence-corrected chi connectivity index (χ0v) is 18.8. The molecule has 4 rings (SSSR count). The SMILES string of the molecule is C=CC(=O)N1CC2CN(C(=O)CCc3cc(-c4ccccc4F)c(Cl)cc3OC)CC2C1. The minimum atomic E-state index is -0.353. The van der Waals surface area contributed by atoms with Gasteiger partial charge in [0.2, 0.25) is 11.8 Å². The standard InChI is InChI=1S/C25H26ClFN2O3/c1-3-24(30)28-12-17-14-29(15-18(17)13-28)25(31)9-8-16-10-20(21(26)11-23(16)32-2)19-6-4-5-7-22(19)27/h3-7,10-11,17-18H,1,8-9,12-15H2,2H3. The van der Waals surface area contributed by atoms with Gasteiger partial charge in [0.1, 0.15) is 11.6 Å². The molecule has 2 fully saturated rings. The van der Waals surface area contributed by atoms with Crippen LogP contribution in [0, 0.1) is 17.7 Å². The van der Waals surface area contributed by atoms with Crippen LogP contribution in [-0.2, 0) is 16.0 Å². The largest absolute Gasteiger partial charge is 0.496 e. The number of rotatable bonds is 6. The van der Waals surface area contributed by atoms with Crippen LogP contribution in [0.4, 0.5) is 4.39 Å². The average molecular weight is 457 g/mol. The van der Waals surface area contributed by atoms with Crippen LogP contribution in [0.3, 0.4) is 0 Å². The van der Waals surface area contributed by atoms with E-state index in [2.05, 4.69) is 6.58 Å². The second-order valence-electron chi connectivity index (χ2n) is 8.39. The fourth-order valence-electron chi connectivity index (χ4n) is 4.78. The van der Waals surface area contributed by atoms with Crippen molar-refractivity contribution in [3.05, 3.63) is 65.5 Å². The molecular weight excluding hydrogens is 431 g/mol. The number of amides is 2. The summed E-state index contributed by atoms with van der Waals surface area (Å²) in [5.41, 5.74) is 1.81. The second kappa shape index (κ2) is 9.33. The number of methoxy groups -OCH3 is 1. The molecule has 2 saturated heterocycles. The lowest BCUT2D eigenvalue weighted by atomic mass is 9.99. The molecule has 2 aromatic carbocycles. The molecule has 2 aliphatic heterocycles. The van der Waals surface area contributed by atoms with Crippen LogP contribution in [0.25, 0.3) is 11.1 Å². The lowest BCUT2D eigenvalue weighted by molar-refractivity contribution is -0.130. The highest BCUT2D eigenvalue weighted by molar-refractivity contribution is 6.33. The van der Waals surface area contributed by atoms with E-state index in [1.54, 1.807) is 31.4 Å². The lowest BCUT2D eigenvalue weighted by Gasteiger charge is -2.21. The van der Waals surface area contributed by atoms with E-state index in [1.807, 2.05) is 15.9 Å². The van der Waals surface area contributed by atoms with E-state index in [9.17, 15) is 14.0 Å². The van der Waals surface area contributed by atoms with Crippen LogP contribution in [-0.4, -0.2) is 54.9 Å². The smallest absolute Gasteiger partial charge is 0.245 e. The summed E-state index contributed by atoms with van der Waals surface area (Å²) < 4.78 is 19.8. The van der Waals surface area contributed by atoms with E-state index >= 15 is 0 Å². The number of hydrogen-bond donors (Lipinski definition) is 0. The number of carbonyl (C=O) groups excluding carboxylic acids is 2. The number of carbonyl (C=O) groups is 2. The summed E-state index contributed by atoms with van der Waals surface area (Å²) in [6.45, 7) is 6.24. The van der Waals surface area contributed by atoms with E-state index in [0.29, 0.717) is 72.8 Å². The van der Waals surface area contributed by atoms with Gasteiger partial charge in [0, 0.05) is 55.6 Å². The van der Waals surface area contributed by atoms with Crippen LogP contribution in [0.15, 0.2) is 49.1 Å². The summed E-state index contributed by atoms with van der Waals surface area (Å²) >= 11 is 6.40. The van der Waals surface area contributed by atoms with Gasteiger partial charge < -0.3 is 14.5 Å². The Morgan fingerprint density at radius 2 is 1.78 bits per heavy atom. The minimum absolute atomic E-state index is 0.0437. The molecule has 0 radical (unpaired) electrons. The molecule has 0 N–H and O–H groups in total. The Morgan fingerprint density at radius 1 is 1.12 bits per heavy atom. The molecule has 32 heavy (non-hydrogen) atoms. The van der Waals surface area contributed by atoms with Crippen molar-refractivity contribution in [1.82, 2.24) is 9.80 Å². The van der Waals surface area contributed by atoms with Gasteiger partial charge in [0.15, 0.2) is 0 Å². The number of nitrogens with zero attached hydrogens (tertiary/aromatic N) is 2. The number of ether oxygens (including phenoxy) is 1. The molecule has 0 spiro atoms. The maximum atomic E-state index is 14.3. The Morgan fingerprint density at radius 3 is 2.41 bits per heavy atom. The fourth-order valence-corrected chi connectivity index (χ4v) is 5.03. The van der Waals surface area contributed by atoms with Crippen LogP contribution < -0.4 is 4.74 Å². The molecule has 0 aliphatic carbocycles. The third-order valence-electron chi connectivity index (χ3n) is 6.47. The van der Waals surface area contributed by atoms with Gasteiger partial charge in [-0.2, -0.15) is 0 Å². The third-order valence-corrected chi connectivity index (χ3v) is 6.78. The first-order valence-corrected chi connectivity index (χ1v) is 11.1. The van der Waals surface area contributed by atoms with Crippen molar-refractivity contribution in [2.75, 3.05) is 33.3 Å². The Kier molecular flexibility index (Phi) is 6.51. The van der Waals surface area contributed by atoms with Gasteiger partial charge in [0.25, 0.3) is 0 Å². The normalized spacial score (nSPS) is 19.7. The minimum Gasteiger partial charge on any atom is -0.496 e. The number of halogens is 2. The van der Waals surface area contributed by atoms with Crippen molar-refractivity contribution in [3.63, 3.8) is 0 Å². The Hall–Kier alpha value is -2.86. The van der Waals surface area contributed by atoms with Gasteiger partial charge >= 0.3 is 0 Å². The van der Waals surface area contributed by atoms with Crippen LogP contribution in [0.1, 0.15) is 12.0 Å². The Balaban J connectivity index is 1.43. The van der Waals surface area contributed by atoms with Gasteiger partial charge in [-0.25, -0.2) is 4.39 Å². The zero-order chi connectivity index (χ0) is 22.8. The summed E-state index contributed by atoms with van der Waals surface area (Å²) in [5.74, 6) is 0.901. The van der Waals surface area contributed by atoms with E-state index in [-0.39, 0.29) is 17.6 Å². The van der Waals surface area contributed by atoms with Crippen molar-refractivity contribution in [3.8, 4) is 16.9 Å². The molecular formula is C25H26ClFN2O3. The molecule has 0 saturated carbocycles. The monoisotopic (exact) mass is 456 g/mol. The van der Waals surface area contributed by atoms with Crippen LogP contribution >= 0.6 is 11.6 Å². The quantitative estimate of drug-likeness (QED) is 0.612. The molecule has 7 heteroatoms. The number of likely N-dealkylation sites (tertiary alicyclic amines) is 2. The second-order valence-corrected chi connectivity index (χ2v) is 8.80. The van der Waals surface area contributed by atoms with Crippen LogP contribution in [0.5, 0.6) is 5.75 Å². The Labute approximate surface area is 192 Å². The molecule has 2 unspecified atom stereocenters. The maximum absolute atomic E-state index is 14.3. The van der Waals surface area contributed by atoms with Gasteiger partial charge in [-0.05, 0) is 36.3 Å². The molecule has 0 bridgehead atoms. The predicted octanol–water partition coefficient (Wildman–Crippen LogP) is 4.19. The fraction of sp³-hybridized carbons (Fsp3) is 0.360. The number of fused-ring (bicyclic) bond motifs is 1. The van der Waals surface area contributed by atoms with Crippen molar-refractivity contribution in [2.45, 2.75) is 12.8 Å². The average Bonchev–Trinajstić information content (AvgIpc) is 3.37. The van der Waals surface area contributed by atoms with Crippen molar-refractivity contribution >= 4 is 23.4 Å². The molecule has 2 aromatic rings. The molecule has 5 nitrogen and oxygen atoms in total. The van der Waals surface area contributed by atoms with E-state index in [0.717, 1.165) is 5.56 Å².